The van der Waals surface area contributed by atoms with Gasteiger partial charge < -0.3 is 5.32 Å². The van der Waals surface area contributed by atoms with Gasteiger partial charge in [0.2, 0.25) is 5.91 Å². The van der Waals surface area contributed by atoms with E-state index in [1.54, 1.807) is 19.1 Å². The Bertz CT molecular complexity index is 1570. The van der Waals surface area contributed by atoms with Gasteiger partial charge in [0.25, 0.3) is 0 Å². The topological polar surface area (TPSA) is 105 Å². The van der Waals surface area contributed by atoms with Crippen molar-refractivity contribution in [1.82, 2.24) is 19.9 Å². The van der Waals surface area contributed by atoms with Crippen LogP contribution in [0.15, 0.2) is 35.4 Å². The number of hydrogen-bond donors (Lipinski definition) is 1. The molecule has 8 nitrogen and oxygen atoms in total. The van der Waals surface area contributed by atoms with Crippen molar-refractivity contribution < 1.29 is 26.4 Å². The quantitative estimate of drug-likeness (QED) is 0.299. The van der Waals surface area contributed by atoms with Crippen LogP contribution in [0.5, 0.6) is 0 Å². The normalized spacial score (nSPS) is 18.1. The van der Waals surface area contributed by atoms with Crippen molar-refractivity contribution in [3.05, 3.63) is 63.7 Å². The van der Waals surface area contributed by atoms with Gasteiger partial charge in [-0.25, -0.2) is 23.4 Å². The molecule has 1 aliphatic carbocycles. The van der Waals surface area contributed by atoms with Crippen molar-refractivity contribution in [2.45, 2.75) is 89.0 Å². The van der Waals surface area contributed by atoms with Crippen LogP contribution in [-0.2, 0) is 40.3 Å². The molecule has 1 fully saturated rings. The standard InChI is InChI=1S/C29H34F3N5O3S2/c1-4-42(39,40)22-10-9-18(13-20(22)19-7-5-6-8-19)14-25(38)35-28-36-26-21(41-28)15-37(27(26)17(2)3)16-24-33-12-11-23(34-24)29(30,31)32/h9-13,17,19,27H,4-8,14-16H2,1-3H3,(H,35,36,38)/t27-/m1/s1. The Kier molecular flexibility index (Phi) is 8.73. The maximum absolute atomic E-state index is 13.1. The summed E-state index contributed by atoms with van der Waals surface area (Å²) in [5.74, 6) is 0.163. The number of hydrogen-bond acceptors (Lipinski definition) is 8. The number of benzene rings is 1. The first kappa shape index (κ1) is 30.6. The Hall–Kier alpha value is -2.90. The second kappa shape index (κ2) is 12.0. The van der Waals surface area contributed by atoms with Crippen molar-refractivity contribution in [2.24, 2.45) is 5.92 Å². The molecule has 1 aliphatic heterocycles. The van der Waals surface area contributed by atoms with Gasteiger partial charge in [-0.3, -0.25) is 9.69 Å². The predicted molar refractivity (Wildman–Crippen MR) is 154 cm³/mol. The van der Waals surface area contributed by atoms with Gasteiger partial charge in [0.15, 0.2) is 15.0 Å². The zero-order valence-electron chi connectivity index (χ0n) is 23.7. The van der Waals surface area contributed by atoms with E-state index >= 15 is 0 Å². The zero-order chi connectivity index (χ0) is 30.2. The summed E-state index contributed by atoms with van der Waals surface area (Å²) in [5, 5.41) is 3.36. The van der Waals surface area contributed by atoms with Crippen LogP contribution in [-0.4, -0.2) is 39.9 Å². The molecule has 2 aliphatic rings. The second-order valence-electron chi connectivity index (χ2n) is 11.3. The third kappa shape index (κ3) is 6.52. The fourth-order valence-corrected chi connectivity index (χ4v) is 8.19. The molecule has 0 saturated heterocycles. The van der Waals surface area contributed by atoms with Crippen molar-refractivity contribution in [3.8, 4) is 0 Å². The van der Waals surface area contributed by atoms with E-state index < -0.39 is 21.7 Å². The lowest BCUT2D eigenvalue weighted by molar-refractivity contribution is -0.141. The number of aromatic nitrogens is 3. The highest BCUT2D eigenvalue weighted by atomic mass is 32.2. The highest BCUT2D eigenvalue weighted by Crippen LogP contribution is 2.43. The maximum Gasteiger partial charge on any atom is 0.433 e. The fourth-order valence-electron chi connectivity index (χ4n) is 5.97. The number of rotatable bonds is 9. The van der Waals surface area contributed by atoms with E-state index in [-0.39, 0.29) is 48.3 Å². The Morgan fingerprint density at radius 2 is 1.90 bits per heavy atom. The van der Waals surface area contributed by atoms with Gasteiger partial charge in [0.05, 0.1) is 35.3 Å². The molecule has 2 aromatic heterocycles. The van der Waals surface area contributed by atoms with Crippen LogP contribution in [0.25, 0.3) is 0 Å². The molecule has 5 rings (SSSR count). The molecule has 1 aromatic carbocycles. The minimum atomic E-state index is -4.54. The number of nitrogens with one attached hydrogen (secondary N) is 1. The highest BCUT2D eigenvalue weighted by molar-refractivity contribution is 7.91. The molecule has 1 N–H and O–H groups in total. The minimum absolute atomic E-state index is 0.0308. The first-order valence-electron chi connectivity index (χ1n) is 14.1. The summed E-state index contributed by atoms with van der Waals surface area (Å²) < 4.78 is 64.9. The molecule has 3 aromatic rings. The number of alkyl halides is 3. The van der Waals surface area contributed by atoms with Crippen molar-refractivity contribution >= 4 is 32.2 Å². The lowest BCUT2D eigenvalue weighted by Gasteiger charge is -2.27. The van der Waals surface area contributed by atoms with Crippen LogP contribution < -0.4 is 5.32 Å². The molecule has 42 heavy (non-hydrogen) atoms. The van der Waals surface area contributed by atoms with E-state index in [1.807, 2.05) is 24.8 Å². The van der Waals surface area contributed by atoms with E-state index in [0.29, 0.717) is 16.6 Å². The smallest absolute Gasteiger partial charge is 0.302 e. The van der Waals surface area contributed by atoms with Crippen molar-refractivity contribution in [3.63, 3.8) is 0 Å². The monoisotopic (exact) mass is 621 g/mol. The SMILES string of the molecule is CCS(=O)(=O)c1ccc(CC(=O)Nc2nc3c(s2)CN(Cc2nccc(C(F)(F)F)n2)[C@@H]3C(C)C)cc1C1CCCC1. The molecule has 0 spiro atoms. The van der Waals surface area contributed by atoms with Crippen LogP contribution in [0.3, 0.4) is 0 Å². The van der Waals surface area contributed by atoms with Gasteiger partial charge in [-0.2, -0.15) is 13.2 Å². The number of halogens is 3. The third-order valence-electron chi connectivity index (χ3n) is 7.92. The summed E-state index contributed by atoms with van der Waals surface area (Å²) in [6.45, 7) is 6.28. The number of amides is 1. The maximum atomic E-state index is 13.1. The molecule has 1 atom stereocenters. The average Bonchev–Trinajstić information content (AvgIpc) is 3.65. The second-order valence-corrected chi connectivity index (χ2v) is 14.6. The number of thiazole rings is 1. The number of fused-ring (bicyclic) bond motifs is 1. The summed E-state index contributed by atoms with van der Waals surface area (Å²) >= 11 is 1.35. The molecule has 0 unspecified atom stereocenters. The third-order valence-corrected chi connectivity index (χ3v) is 10.7. The van der Waals surface area contributed by atoms with Crippen LogP contribution in [0.1, 0.15) is 91.6 Å². The molecular weight excluding hydrogens is 587 g/mol. The number of sulfone groups is 1. The molecule has 0 bridgehead atoms. The summed E-state index contributed by atoms with van der Waals surface area (Å²) in [4.78, 5) is 28.8. The number of carbonyl (C=O) groups excluding carboxylic acids is 1. The van der Waals surface area contributed by atoms with Crippen LogP contribution in [0.2, 0.25) is 0 Å². The predicted octanol–water partition coefficient (Wildman–Crippen LogP) is 6.30. The van der Waals surface area contributed by atoms with Crippen LogP contribution in [0, 0.1) is 5.92 Å². The lowest BCUT2D eigenvalue weighted by Crippen LogP contribution is -2.27. The Labute approximate surface area is 247 Å². The molecular formula is C29H34F3N5O3S2. The highest BCUT2D eigenvalue weighted by Gasteiger charge is 2.38. The molecule has 0 radical (unpaired) electrons. The van der Waals surface area contributed by atoms with Crippen LogP contribution in [0.4, 0.5) is 18.3 Å². The van der Waals surface area contributed by atoms with Crippen molar-refractivity contribution in [1.29, 1.82) is 0 Å². The molecule has 1 amide bonds. The largest absolute Gasteiger partial charge is 0.433 e. The van der Waals surface area contributed by atoms with Crippen LogP contribution >= 0.6 is 11.3 Å². The fraction of sp³-hybridized carbons (Fsp3) is 0.517. The number of carbonyl (C=O) groups is 1. The molecule has 13 heteroatoms. The number of nitrogens with zero attached hydrogens (tertiary/aromatic N) is 4. The van der Waals surface area contributed by atoms with E-state index in [4.69, 9.17) is 4.98 Å². The Balaban J connectivity index is 1.29. The van der Waals surface area contributed by atoms with E-state index in [9.17, 15) is 26.4 Å². The summed E-state index contributed by atoms with van der Waals surface area (Å²) in [6, 6.07) is 5.93. The van der Waals surface area contributed by atoms with Gasteiger partial charge in [0.1, 0.15) is 11.5 Å². The van der Waals surface area contributed by atoms with Gasteiger partial charge in [-0.05, 0) is 47.9 Å². The molecule has 226 valence electrons. The lowest BCUT2D eigenvalue weighted by atomic mass is 9.95. The summed E-state index contributed by atoms with van der Waals surface area (Å²) in [6.07, 6.45) is 0.694. The number of anilines is 1. The first-order valence-corrected chi connectivity index (χ1v) is 16.6. The van der Waals surface area contributed by atoms with Gasteiger partial charge in [-0.1, -0.05) is 45.7 Å². The van der Waals surface area contributed by atoms with Gasteiger partial charge in [-0.15, -0.1) is 11.3 Å². The molecule has 1 saturated carbocycles. The zero-order valence-corrected chi connectivity index (χ0v) is 25.4. The van der Waals surface area contributed by atoms with Gasteiger partial charge >= 0.3 is 6.18 Å². The Morgan fingerprint density at radius 1 is 1.17 bits per heavy atom. The minimum Gasteiger partial charge on any atom is -0.302 e. The summed E-state index contributed by atoms with van der Waals surface area (Å²) in [5.41, 5.74) is 1.40. The van der Waals surface area contributed by atoms with E-state index in [1.165, 1.54) is 11.3 Å². The molecule has 3 heterocycles. The summed E-state index contributed by atoms with van der Waals surface area (Å²) in [7, 11) is -3.37. The first-order chi connectivity index (χ1) is 19.9. The van der Waals surface area contributed by atoms with Gasteiger partial charge in [0, 0.05) is 17.6 Å². The van der Waals surface area contributed by atoms with Crippen molar-refractivity contribution in [2.75, 3.05) is 11.1 Å². The average molecular weight is 622 g/mol. The Morgan fingerprint density at radius 3 is 2.57 bits per heavy atom. The van der Waals surface area contributed by atoms with E-state index in [2.05, 4.69) is 15.3 Å². The van der Waals surface area contributed by atoms with E-state index in [0.717, 1.165) is 59.6 Å².